The number of carbonyl (C=O) groups is 2. The molecule has 2 atom stereocenters. The summed E-state index contributed by atoms with van der Waals surface area (Å²) < 4.78 is 5.03. The number of benzene rings is 1. The Balaban J connectivity index is 2.78. The summed E-state index contributed by atoms with van der Waals surface area (Å²) in [6.45, 7) is 1.39. The van der Waals surface area contributed by atoms with Crippen LogP contribution in [0.25, 0.3) is 0 Å². The highest BCUT2D eigenvalue weighted by Crippen LogP contribution is 2.20. The standard InChI is InChI=1S/C14H18O5/c1-9(15)7-8-11(16)14(18)13(17)10-5-3-4-6-12(10)19-2/h3-6,11,14,16,18H,7-8H2,1-2H3/t11-,14+/m0/s1. The first-order chi connectivity index (χ1) is 8.97. The normalized spacial score (nSPS) is 13.7. The molecule has 0 aromatic heterocycles. The molecule has 19 heavy (non-hydrogen) atoms. The van der Waals surface area contributed by atoms with Crippen molar-refractivity contribution in [2.45, 2.75) is 32.0 Å². The molecule has 1 rings (SSSR count). The van der Waals surface area contributed by atoms with E-state index < -0.39 is 18.0 Å². The van der Waals surface area contributed by atoms with E-state index in [2.05, 4.69) is 0 Å². The number of hydrogen-bond donors (Lipinski definition) is 2. The van der Waals surface area contributed by atoms with Crippen molar-refractivity contribution < 1.29 is 24.5 Å². The van der Waals surface area contributed by atoms with Gasteiger partial charge in [0.05, 0.1) is 18.8 Å². The van der Waals surface area contributed by atoms with Gasteiger partial charge in [-0.15, -0.1) is 0 Å². The van der Waals surface area contributed by atoms with Crippen molar-refractivity contribution >= 4 is 11.6 Å². The maximum atomic E-state index is 12.0. The van der Waals surface area contributed by atoms with Gasteiger partial charge in [-0.3, -0.25) is 4.79 Å². The third-order valence-corrected chi connectivity index (χ3v) is 2.80. The minimum absolute atomic E-state index is 0.0530. The van der Waals surface area contributed by atoms with Crippen LogP contribution in [0.3, 0.4) is 0 Å². The largest absolute Gasteiger partial charge is 0.496 e. The number of para-hydroxylation sites is 1. The number of ketones is 2. The summed E-state index contributed by atoms with van der Waals surface area (Å²) in [7, 11) is 1.42. The molecule has 0 aliphatic heterocycles. The third kappa shape index (κ3) is 4.15. The van der Waals surface area contributed by atoms with E-state index in [0.29, 0.717) is 5.75 Å². The predicted octanol–water partition coefficient (Wildman–Crippen LogP) is 0.969. The molecule has 0 amide bonds. The first kappa shape index (κ1) is 15.3. The smallest absolute Gasteiger partial charge is 0.197 e. The van der Waals surface area contributed by atoms with Gasteiger partial charge in [0, 0.05) is 6.42 Å². The fourth-order valence-corrected chi connectivity index (χ4v) is 1.69. The molecule has 0 saturated heterocycles. The lowest BCUT2D eigenvalue weighted by Crippen LogP contribution is -2.34. The minimum atomic E-state index is -1.56. The van der Waals surface area contributed by atoms with Crippen molar-refractivity contribution in [2.24, 2.45) is 0 Å². The van der Waals surface area contributed by atoms with Crippen LogP contribution < -0.4 is 4.74 Å². The average Bonchev–Trinajstić information content (AvgIpc) is 2.42. The fraction of sp³-hybridized carbons (Fsp3) is 0.429. The van der Waals surface area contributed by atoms with E-state index in [4.69, 9.17) is 4.74 Å². The highest BCUT2D eigenvalue weighted by atomic mass is 16.5. The molecule has 0 spiro atoms. The summed E-state index contributed by atoms with van der Waals surface area (Å²) in [5.74, 6) is -0.380. The van der Waals surface area contributed by atoms with Crippen LogP contribution in [0.1, 0.15) is 30.1 Å². The van der Waals surface area contributed by atoms with Gasteiger partial charge < -0.3 is 19.7 Å². The van der Waals surface area contributed by atoms with Crippen LogP contribution in [0.15, 0.2) is 24.3 Å². The first-order valence-corrected chi connectivity index (χ1v) is 6.00. The number of Topliss-reactive ketones (excluding diaryl/α,β-unsaturated/α-hetero) is 2. The average molecular weight is 266 g/mol. The van der Waals surface area contributed by atoms with E-state index in [-0.39, 0.29) is 24.2 Å². The summed E-state index contributed by atoms with van der Waals surface area (Å²) in [4.78, 5) is 22.8. The molecule has 0 heterocycles. The Labute approximate surface area is 111 Å². The Bertz CT molecular complexity index is 455. The zero-order valence-electron chi connectivity index (χ0n) is 11.0. The second-order valence-corrected chi connectivity index (χ2v) is 4.32. The van der Waals surface area contributed by atoms with Gasteiger partial charge >= 0.3 is 0 Å². The van der Waals surface area contributed by atoms with E-state index in [1.807, 2.05) is 0 Å². The van der Waals surface area contributed by atoms with Crippen LogP contribution in [-0.4, -0.2) is 41.1 Å². The molecule has 1 aromatic carbocycles. The van der Waals surface area contributed by atoms with Gasteiger partial charge in [0.25, 0.3) is 0 Å². The number of ether oxygens (including phenoxy) is 1. The van der Waals surface area contributed by atoms with Gasteiger partial charge in [0.1, 0.15) is 17.6 Å². The second-order valence-electron chi connectivity index (χ2n) is 4.32. The fourth-order valence-electron chi connectivity index (χ4n) is 1.69. The molecule has 0 unspecified atom stereocenters. The quantitative estimate of drug-likeness (QED) is 0.718. The number of aliphatic hydroxyl groups is 2. The van der Waals surface area contributed by atoms with Gasteiger partial charge in [-0.05, 0) is 25.5 Å². The molecule has 0 aliphatic rings. The van der Waals surface area contributed by atoms with Crippen LogP contribution in [0, 0.1) is 0 Å². The van der Waals surface area contributed by atoms with Gasteiger partial charge in [0.2, 0.25) is 0 Å². The van der Waals surface area contributed by atoms with Crippen LogP contribution >= 0.6 is 0 Å². The molecule has 5 nitrogen and oxygen atoms in total. The molecule has 0 bridgehead atoms. The summed E-state index contributed by atoms with van der Waals surface area (Å²) in [6, 6.07) is 6.46. The van der Waals surface area contributed by atoms with E-state index in [1.54, 1.807) is 18.2 Å². The minimum Gasteiger partial charge on any atom is -0.496 e. The van der Waals surface area contributed by atoms with Crippen LogP contribution in [0.5, 0.6) is 5.75 Å². The monoisotopic (exact) mass is 266 g/mol. The first-order valence-electron chi connectivity index (χ1n) is 6.00. The van der Waals surface area contributed by atoms with Gasteiger partial charge in [-0.1, -0.05) is 12.1 Å². The maximum absolute atomic E-state index is 12.0. The summed E-state index contributed by atoms with van der Waals surface area (Å²) in [5.41, 5.74) is 0.208. The Morgan fingerprint density at radius 3 is 2.47 bits per heavy atom. The Morgan fingerprint density at radius 1 is 1.26 bits per heavy atom. The van der Waals surface area contributed by atoms with Crippen molar-refractivity contribution in [1.82, 2.24) is 0 Å². The lowest BCUT2D eigenvalue weighted by atomic mass is 9.98. The van der Waals surface area contributed by atoms with E-state index in [1.165, 1.54) is 20.1 Å². The van der Waals surface area contributed by atoms with Crippen molar-refractivity contribution in [1.29, 1.82) is 0 Å². The molecule has 0 radical (unpaired) electrons. The number of carbonyl (C=O) groups excluding carboxylic acids is 2. The highest BCUT2D eigenvalue weighted by molar-refractivity contribution is 6.02. The number of aliphatic hydroxyl groups excluding tert-OH is 2. The lowest BCUT2D eigenvalue weighted by Gasteiger charge is -2.17. The highest BCUT2D eigenvalue weighted by Gasteiger charge is 2.27. The van der Waals surface area contributed by atoms with E-state index in [0.717, 1.165) is 0 Å². The maximum Gasteiger partial charge on any atom is 0.197 e. The zero-order valence-corrected chi connectivity index (χ0v) is 11.0. The van der Waals surface area contributed by atoms with Crippen molar-refractivity contribution in [2.75, 3.05) is 7.11 Å². The molecule has 0 aliphatic carbocycles. The molecule has 5 heteroatoms. The Hall–Kier alpha value is -1.72. The number of methoxy groups -OCH3 is 1. The summed E-state index contributed by atoms with van der Waals surface area (Å²) >= 11 is 0. The summed E-state index contributed by atoms with van der Waals surface area (Å²) in [5, 5.41) is 19.5. The van der Waals surface area contributed by atoms with Gasteiger partial charge in [0.15, 0.2) is 5.78 Å². The molecular weight excluding hydrogens is 248 g/mol. The van der Waals surface area contributed by atoms with Gasteiger partial charge in [-0.2, -0.15) is 0 Å². The molecule has 104 valence electrons. The molecule has 2 N–H and O–H groups in total. The van der Waals surface area contributed by atoms with Crippen LogP contribution in [0.2, 0.25) is 0 Å². The molecule has 0 saturated carbocycles. The lowest BCUT2D eigenvalue weighted by molar-refractivity contribution is -0.117. The SMILES string of the molecule is COc1ccccc1C(=O)[C@H](O)[C@@H](O)CCC(C)=O. The van der Waals surface area contributed by atoms with Crippen molar-refractivity contribution in [3.8, 4) is 5.75 Å². The summed E-state index contributed by atoms with van der Waals surface area (Å²) in [6.07, 6.45) is -2.65. The second kappa shape index (κ2) is 7.01. The number of rotatable bonds is 7. The van der Waals surface area contributed by atoms with E-state index >= 15 is 0 Å². The van der Waals surface area contributed by atoms with Crippen molar-refractivity contribution in [3.63, 3.8) is 0 Å². The third-order valence-electron chi connectivity index (χ3n) is 2.80. The molecule has 1 aromatic rings. The van der Waals surface area contributed by atoms with E-state index in [9.17, 15) is 19.8 Å². The number of hydrogen-bond acceptors (Lipinski definition) is 5. The molecular formula is C14H18O5. The van der Waals surface area contributed by atoms with Crippen LogP contribution in [0.4, 0.5) is 0 Å². The Kier molecular flexibility index (Phi) is 5.66. The molecule has 0 fully saturated rings. The van der Waals surface area contributed by atoms with Crippen LogP contribution in [-0.2, 0) is 4.79 Å². The topological polar surface area (TPSA) is 83.8 Å². The zero-order chi connectivity index (χ0) is 14.4. The predicted molar refractivity (Wildman–Crippen MR) is 69.3 cm³/mol. The van der Waals surface area contributed by atoms with Gasteiger partial charge in [-0.25, -0.2) is 0 Å². The van der Waals surface area contributed by atoms with Crippen molar-refractivity contribution in [3.05, 3.63) is 29.8 Å². The Morgan fingerprint density at radius 2 is 1.89 bits per heavy atom.